The molecule has 0 bridgehead atoms. The van der Waals surface area contributed by atoms with E-state index in [1.807, 2.05) is 84.9 Å². The normalized spacial score (nSPS) is 11.4. The first kappa shape index (κ1) is 61.5. The molecule has 5 nitrogen and oxygen atoms in total. The Bertz CT molecular complexity index is 3460. The maximum absolute atomic E-state index is 12.9. The molecule has 0 saturated carbocycles. The zero-order valence-corrected chi connectivity index (χ0v) is 47.9. The molecule has 0 amide bonds. The number of carbonyl (C=O) groups excluding carboxylic acids is 2. The fourth-order valence-electron chi connectivity index (χ4n) is 10.2. The second-order valence-corrected chi connectivity index (χ2v) is 26.9. The van der Waals surface area contributed by atoms with Crippen LogP contribution < -0.4 is 46.5 Å². The van der Waals surface area contributed by atoms with Gasteiger partial charge < -0.3 is 14.7 Å². The average molecular weight is 1190 g/mol. The molecule has 11 aromatic carbocycles. The molecule has 0 aromatic heterocycles. The molecule has 0 unspecified atom stereocenters. The summed E-state index contributed by atoms with van der Waals surface area (Å²) in [4.78, 5) is 25.8. The summed E-state index contributed by atoms with van der Waals surface area (Å²) in [7, 11) is -6.93. The smallest absolute Gasteiger partial charge is 0.416 e. The van der Waals surface area contributed by atoms with E-state index in [0.29, 0.717) is 0 Å². The maximum atomic E-state index is 12.9. The van der Waals surface area contributed by atoms with Gasteiger partial charge in [0.25, 0.3) is 0 Å². The number of halogens is 6. The molecule has 0 aliphatic carbocycles. The summed E-state index contributed by atoms with van der Waals surface area (Å²) >= 11 is 0. The SMILES string of the molecule is O=C(c1ccccc1)c1ccc(C[P+](c2ccccc2)(c2ccccc2)c2ccccc2)cc1.O=C(c1ccccc1)c1ccc(C[P+](c2ccccc2)(c2ccccc2)c2ccccc2)cc1.[O-]B([O-])Oc1cc(C(F)(F)F)cc(C(F)(F)F)c1. The van der Waals surface area contributed by atoms with Gasteiger partial charge in [0.2, 0.25) is 0 Å². The number of rotatable bonds is 16. The molecule has 0 saturated heterocycles. The van der Waals surface area contributed by atoms with E-state index >= 15 is 0 Å². The summed E-state index contributed by atoms with van der Waals surface area (Å²) in [5.41, 5.74) is 2.02. The van der Waals surface area contributed by atoms with Crippen molar-refractivity contribution in [2.75, 3.05) is 0 Å². The molecular weight excluding hydrogens is 1130 g/mol. The lowest BCUT2D eigenvalue weighted by Crippen LogP contribution is -2.50. The highest BCUT2D eigenvalue weighted by Crippen LogP contribution is 2.59. The number of benzene rings is 11. The Morgan fingerprint density at radius 1 is 0.326 bits per heavy atom. The molecular formula is C72H55BF6O5P2. The van der Waals surface area contributed by atoms with Crippen molar-refractivity contribution in [3.8, 4) is 5.75 Å². The van der Waals surface area contributed by atoms with Crippen molar-refractivity contribution in [2.24, 2.45) is 0 Å². The minimum Gasteiger partial charge on any atom is -0.860 e. The molecule has 0 fully saturated rings. The molecule has 86 heavy (non-hydrogen) atoms. The van der Waals surface area contributed by atoms with E-state index in [0.717, 1.165) is 34.6 Å². The first-order chi connectivity index (χ1) is 41.5. The van der Waals surface area contributed by atoms with Gasteiger partial charge in [-0.25, -0.2) is 0 Å². The van der Waals surface area contributed by atoms with Crippen LogP contribution in [0.4, 0.5) is 26.3 Å². The van der Waals surface area contributed by atoms with E-state index in [1.165, 1.54) is 43.0 Å². The van der Waals surface area contributed by atoms with E-state index in [1.54, 1.807) is 0 Å². The van der Waals surface area contributed by atoms with Crippen molar-refractivity contribution >= 4 is 65.2 Å². The van der Waals surface area contributed by atoms with Crippen molar-refractivity contribution in [3.63, 3.8) is 0 Å². The van der Waals surface area contributed by atoms with Crippen LogP contribution in [0.1, 0.15) is 54.1 Å². The fraction of sp³-hybridized carbons (Fsp3) is 0.0556. The van der Waals surface area contributed by atoms with E-state index < -0.39 is 51.1 Å². The lowest BCUT2D eigenvalue weighted by Gasteiger charge is -2.28. The Morgan fingerprint density at radius 3 is 0.767 bits per heavy atom. The summed E-state index contributed by atoms with van der Waals surface area (Å²) < 4.78 is 77.5. The van der Waals surface area contributed by atoms with Gasteiger partial charge in [-0.05, 0) is 102 Å². The summed E-state index contributed by atoms with van der Waals surface area (Å²) in [5.74, 6) is -0.961. The van der Waals surface area contributed by atoms with Crippen LogP contribution in [-0.4, -0.2) is 18.9 Å². The van der Waals surface area contributed by atoms with Crippen LogP contribution >= 0.6 is 14.5 Å². The first-order valence-electron chi connectivity index (χ1n) is 27.3. The Hall–Kier alpha value is -9.02. The fourth-order valence-corrected chi connectivity index (χ4v) is 18.7. The Morgan fingerprint density at radius 2 is 0.547 bits per heavy atom. The topological polar surface area (TPSA) is 89.5 Å². The Labute approximate surface area is 497 Å². The molecule has 14 heteroatoms. The van der Waals surface area contributed by atoms with Crippen LogP contribution in [0.25, 0.3) is 0 Å². The number of hydrogen-bond acceptors (Lipinski definition) is 5. The summed E-state index contributed by atoms with van der Waals surface area (Å²) in [6.45, 7) is 0. The van der Waals surface area contributed by atoms with Gasteiger partial charge in [-0.1, -0.05) is 218 Å². The molecule has 0 aliphatic heterocycles. The lowest BCUT2D eigenvalue weighted by atomic mass is 10.0. The number of alkyl halides is 6. The largest absolute Gasteiger partial charge is 0.860 e. The van der Waals surface area contributed by atoms with Gasteiger partial charge in [0.1, 0.15) is 53.7 Å². The monoisotopic (exact) mass is 1190 g/mol. The molecule has 0 radical (unpaired) electrons. The molecule has 0 spiro atoms. The average Bonchev–Trinajstić information content (AvgIpc) is 1.29. The Kier molecular flexibility index (Phi) is 20.2. The standard InChI is InChI=1S/2C32H26OP.C8H3BF6O3/c2*33-32(27-13-5-1-6-14-27)28-23-21-26(22-24-28)25-34(29-15-7-2-8-16-29,30-17-9-3-10-18-30)31-19-11-4-12-20-31;10-7(11,12)4-1-5(8(13,14)15)3-6(2-4)18-9(16)17/h2*1-24H,25H2;1-3H/q2*+1;-2. The van der Waals surface area contributed by atoms with Crippen LogP contribution in [0, 0.1) is 0 Å². The zero-order chi connectivity index (χ0) is 60.6. The van der Waals surface area contributed by atoms with Gasteiger partial charge in [-0.15, -0.1) is 0 Å². The number of carbonyl (C=O) groups is 2. The highest BCUT2D eigenvalue weighted by Gasteiger charge is 2.47. The van der Waals surface area contributed by atoms with E-state index in [-0.39, 0.29) is 29.8 Å². The second-order valence-electron chi connectivity index (χ2n) is 19.9. The maximum Gasteiger partial charge on any atom is 0.416 e. The van der Waals surface area contributed by atoms with Crippen molar-refractivity contribution < 1.29 is 50.6 Å². The molecule has 0 N–H and O–H groups in total. The van der Waals surface area contributed by atoms with Crippen LogP contribution in [0.5, 0.6) is 5.75 Å². The van der Waals surface area contributed by atoms with Gasteiger partial charge in [0.15, 0.2) is 11.6 Å². The second kappa shape index (κ2) is 28.2. The predicted molar refractivity (Wildman–Crippen MR) is 333 cm³/mol. The van der Waals surface area contributed by atoms with Crippen molar-refractivity contribution in [3.05, 3.63) is 354 Å². The molecule has 0 atom stereocenters. The molecule has 428 valence electrons. The third kappa shape index (κ3) is 15.1. The minimum atomic E-state index is -5.05. The summed E-state index contributed by atoms with van der Waals surface area (Å²) in [5, 5.41) is 28.3. The van der Waals surface area contributed by atoms with Gasteiger partial charge in [-0.2, -0.15) is 26.3 Å². The lowest BCUT2D eigenvalue weighted by molar-refractivity contribution is -0.372. The summed E-state index contributed by atoms with van der Waals surface area (Å²) in [6.07, 6.45) is -8.32. The molecule has 0 aliphatic rings. The molecule has 0 heterocycles. The third-order valence-corrected chi connectivity index (χ3v) is 23.1. The van der Waals surface area contributed by atoms with Gasteiger partial charge >= 0.3 is 12.4 Å². The van der Waals surface area contributed by atoms with Crippen LogP contribution in [0.2, 0.25) is 0 Å². The van der Waals surface area contributed by atoms with Crippen LogP contribution in [-0.2, 0) is 24.7 Å². The van der Waals surface area contributed by atoms with E-state index in [9.17, 15) is 46.0 Å². The van der Waals surface area contributed by atoms with Gasteiger partial charge in [0.05, 0.1) is 29.2 Å². The van der Waals surface area contributed by atoms with Crippen molar-refractivity contribution in [1.82, 2.24) is 0 Å². The molecule has 11 rings (SSSR count). The predicted octanol–water partition coefficient (Wildman–Crippen LogP) is 13.6. The first-order valence-corrected chi connectivity index (χ1v) is 31.2. The molecule has 11 aromatic rings. The number of ketones is 2. The third-order valence-electron chi connectivity index (χ3n) is 14.3. The zero-order valence-electron chi connectivity index (χ0n) is 46.1. The van der Waals surface area contributed by atoms with E-state index in [2.05, 4.69) is 211 Å². The Balaban J connectivity index is 0.000000162. The highest BCUT2D eigenvalue weighted by molar-refractivity contribution is 7.95. The summed E-state index contributed by atoms with van der Waals surface area (Å²) in [6, 6.07) is 101. The van der Waals surface area contributed by atoms with Gasteiger partial charge in [-0.3, -0.25) is 9.59 Å². The van der Waals surface area contributed by atoms with E-state index in [4.69, 9.17) is 0 Å². The van der Waals surface area contributed by atoms with Crippen LogP contribution in [0.15, 0.2) is 309 Å². The van der Waals surface area contributed by atoms with Crippen molar-refractivity contribution in [2.45, 2.75) is 24.7 Å². The number of hydrogen-bond donors (Lipinski definition) is 0. The van der Waals surface area contributed by atoms with Gasteiger partial charge in [0, 0.05) is 22.3 Å². The van der Waals surface area contributed by atoms with Crippen molar-refractivity contribution in [1.29, 1.82) is 0 Å². The van der Waals surface area contributed by atoms with Crippen LogP contribution in [0.3, 0.4) is 0 Å². The quantitative estimate of drug-likeness (QED) is 0.0416. The highest BCUT2D eigenvalue weighted by atomic mass is 31.2. The minimum absolute atomic E-state index is 0.0578.